The van der Waals surface area contributed by atoms with E-state index < -0.39 is 0 Å². The molecule has 2 rings (SSSR count). The van der Waals surface area contributed by atoms with Gasteiger partial charge in [-0.25, -0.2) is 9.37 Å². The van der Waals surface area contributed by atoms with Crippen LogP contribution in [0.2, 0.25) is 5.02 Å². The Morgan fingerprint density at radius 2 is 2.19 bits per heavy atom. The predicted octanol–water partition coefficient (Wildman–Crippen LogP) is 3.82. The Morgan fingerprint density at radius 3 is 2.94 bits per heavy atom. The fourth-order valence-electron chi connectivity index (χ4n) is 1.47. The number of benzene rings is 1. The molecule has 1 aromatic carbocycles. The fraction of sp³-hybridized carbons (Fsp3) is 0.250. The number of hydrogen-bond acceptors (Lipinski definition) is 2. The maximum Gasteiger partial charge on any atom is 0.221 e. The summed E-state index contributed by atoms with van der Waals surface area (Å²) in [5.74, 6) is 0.110. The van der Waals surface area contributed by atoms with Crippen LogP contribution >= 0.6 is 11.6 Å². The zero-order valence-electron chi connectivity index (χ0n) is 8.84. The van der Waals surface area contributed by atoms with Gasteiger partial charge in [-0.15, -0.1) is 0 Å². The van der Waals surface area contributed by atoms with Crippen LogP contribution < -0.4 is 4.74 Å². The van der Waals surface area contributed by atoms with E-state index in [-0.39, 0.29) is 5.82 Å². The molecule has 0 fully saturated rings. The van der Waals surface area contributed by atoms with E-state index in [1.165, 1.54) is 18.3 Å². The topological polar surface area (TPSA) is 22.1 Å². The molecule has 16 heavy (non-hydrogen) atoms. The van der Waals surface area contributed by atoms with Crippen molar-refractivity contribution in [3.63, 3.8) is 0 Å². The zero-order chi connectivity index (χ0) is 11.5. The second-order valence-corrected chi connectivity index (χ2v) is 3.86. The summed E-state index contributed by atoms with van der Waals surface area (Å²) in [7, 11) is 0. The van der Waals surface area contributed by atoms with E-state index in [0.29, 0.717) is 22.9 Å². The van der Waals surface area contributed by atoms with Gasteiger partial charge in [0.25, 0.3) is 0 Å². The van der Waals surface area contributed by atoms with Crippen molar-refractivity contribution in [2.45, 2.75) is 13.3 Å². The first-order valence-corrected chi connectivity index (χ1v) is 5.46. The third-order valence-electron chi connectivity index (χ3n) is 2.21. The largest absolute Gasteiger partial charge is 0.477 e. The number of hydrogen-bond donors (Lipinski definition) is 0. The van der Waals surface area contributed by atoms with Crippen molar-refractivity contribution in [1.29, 1.82) is 0 Å². The van der Waals surface area contributed by atoms with Crippen molar-refractivity contribution in [2.24, 2.45) is 0 Å². The molecule has 0 aliphatic heterocycles. The summed E-state index contributed by atoms with van der Waals surface area (Å²) < 4.78 is 18.6. The summed E-state index contributed by atoms with van der Waals surface area (Å²) in [6.07, 6.45) is 2.40. The molecule has 0 amide bonds. The first kappa shape index (κ1) is 11.1. The maximum absolute atomic E-state index is 13.1. The molecule has 0 spiro atoms. The minimum atomic E-state index is -0.321. The second kappa shape index (κ2) is 4.66. The van der Waals surface area contributed by atoms with Crippen LogP contribution in [0, 0.1) is 5.82 Å². The lowest BCUT2D eigenvalue weighted by molar-refractivity contribution is 0.309. The van der Waals surface area contributed by atoms with Gasteiger partial charge in [-0.05, 0) is 24.6 Å². The molecule has 0 radical (unpaired) electrons. The number of pyridine rings is 1. The van der Waals surface area contributed by atoms with Gasteiger partial charge in [-0.2, -0.15) is 0 Å². The average Bonchev–Trinajstić information content (AvgIpc) is 2.28. The summed E-state index contributed by atoms with van der Waals surface area (Å²) in [6.45, 7) is 2.55. The fourth-order valence-corrected chi connectivity index (χ4v) is 1.68. The van der Waals surface area contributed by atoms with Crippen LogP contribution in [0.25, 0.3) is 10.8 Å². The van der Waals surface area contributed by atoms with E-state index >= 15 is 0 Å². The standard InChI is InChI=1S/C12H11ClFNO/c1-2-5-16-12-10-6-8(14)3-4-9(10)11(13)7-15-12/h3-4,6-7H,2,5H2,1H3. The Labute approximate surface area is 98.0 Å². The van der Waals surface area contributed by atoms with E-state index in [2.05, 4.69) is 4.98 Å². The van der Waals surface area contributed by atoms with Crippen LogP contribution in [0.15, 0.2) is 24.4 Å². The monoisotopic (exact) mass is 239 g/mol. The second-order valence-electron chi connectivity index (χ2n) is 3.45. The average molecular weight is 240 g/mol. The Morgan fingerprint density at radius 1 is 1.38 bits per heavy atom. The van der Waals surface area contributed by atoms with Gasteiger partial charge in [0.15, 0.2) is 0 Å². The molecule has 0 bridgehead atoms. The summed E-state index contributed by atoms with van der Waals surface area (Å²) in [6, 6.07) is 4.39. The zero-order valence-corrected chi connectivity index (χ0v) is 9.59. The van der Waals surface area contributed by atoms with Gasteiger partial charge in [0.1, 0.15) is 5.82 Å². The lowest BCUT2D eigenvalue weighted by Gasteiger charge is -2.08. The van der Waals surface area contributed by atoms with Crippen LogP contribution in [0.3, 0.4) is 0 Å². The highest BCUT2D eigenvalue weighted by Crippen LogP contribution is 2.29. The van der Waals surface area contributed by atoms with Gasteiger partial charge in [-0.1, -0.05) is 18.5 Å². The number of fused-ring (bicyclic) bond motifs is 1. The highest BCUT2D eigenvalue weighted by molar-refractivity contribution is 6.35. The quantitative estimate of drug-likeness (QED) is 0.813. The number of aromatic nitrogens is 1. The van der Waals surface area contributed by atoms with Crippen molar-refractivity contribution >= 4 is 22.4 Å². The van der Waals surface area contributed by atoms with E-state index in [1.54, 1.807) is 6.07 Å². The van der Waals surface area contributed by atoms with Gasteiger partial charge >= 0.3 is 0 Å². The lowest BCUT2D eigenvalue weighted by atomic mass is 10.1. The summed E-state index contributed by atoms with van der Waals surface area (Å²) in [4.78, 5) is 4.06. The molecule has 0 unspecified atom stereocenters. The van der Waals surface area contributed by atoms with Crippen LogP contribution in [0.1, 0.15) is 13.3 Å². The SMILES string of the molecule is CCCOc1ncc(Cl)c2ccc(F)cc12. The number of rotatable bonds is 3. The van der Waals surface area contributed by atoms with Crippen LogP contribution in [-0.4, -0.2) is 11.6 Å². The number of halogens is 2. The minimum absolute atomic E-state index is 0.321. The van der Waals surface area contributed by atoms with Crippen molar-refractivity contribution in [3.8, 4) is 5.88 Å². The summed E-state index contributed by atoms with van der Waals surface area (Å²) >= 11 is 5.97. The molecule has 84 valence electrons. The number of ether oxygens (including phenoxy) is 1. The highest BCUT2D eigenvalue weighted by atomic mass is 35.5. The predicted molar refractivity (Wildman–Crippen MR) is 62.5 cm³/mol. The third-order valence-corrected chi connectivity index (χ3v) is 2.51. The highest BCUT2D eigenvalue weighted by Gasteiger charge is 2.08. The van der Waals surface area contributed by atoms with Crippen molar-refractivity contribution in [2.75, 3.05) is 6.61 Å². The van der Waals surface area contributed by atoms with Gasteiger partial charge in [-0.3, -0.25) is 0 Å². The molecule has 2 aromatic rings. The molecular formula is C12H11ClFNO. The Kier molecular flexibility index (Phi) is 3.25. The molecule has 1 heterocycles. The molecule has 0 aliphatic carbocycles. The first-order valence-electron chi connectivity index (χ1n) is 5.09. The summed E-state index contributed by atoms with van der Waals surface area (Å²) in [5.41, 5.74) is 0. The Hall–Kier alpha value is -1.35. The van der Waals surface area contributed by atoms with Gasteiger partial charge in [0, 0.05) is 10.8 Å². The van der Waals surface area contributed by atoms with E-state index in [4.69, 9.17) is 16.3 Å². The third kappa shape index (κ3) is 2.09. The van der Waals surface area contributed by atoms with E-state index in [1.807, 2.05) is 6.92 Å². The van der Waals surface area contributed by atoms with Crippen LogP contribution in [-0.2, 0) is 0 Å². The molecular weight excluding hydrogens is 229 g/mol. The van der Waals surface area contributed by atoms with Crippen molar-refractivity contribution < 1.29 is 9.13 Å². The molecule has 0 N–H and O–H groups in total. The molecule has 0 aliphatic rings. The van der Waals surface area contributed by atoms with Gasteiger partial charge in [0.2, 0.25) is 5.88 Å². The van der Waals surface area contributed by atoms with Crippen LogP contribution in [0.5, 0.6) is 5.88 Å². The van der Waals surface area contributed by atoms with E-state index in [9.17, 15) is 4.39 Å². The summed E-state index contributed by atoms with van der Waals surface area (Å²) in [5, 5.41) is 1.86. The minimum Gasteiger partial charge on any atom is -0.477 e. The molecule has 1 aromatic heterocycles. The molecule has 0 saturated carbocycles. The first-order chi connectivity index (χ1) is 7.72. The van der Waals surface area contributed by atoms with Crippen molar-refractivity contribution in [3.05, 3.63) is 35.2 Å². The smallest absolute Gasteiger partial charge is 0.221 e. The molecule has 0 atom stereocenters. The Bertz CT molecular complexity index is 516. The molecule has 2 nitrogen and oxygen atoms in total. The van der Waals surface area contributed by atoms with E-state index in [0.717, 1.165) is 11.8 Å². The number of nitrogens with zero attached hydrogens (tertiary/aromatic N) is 1. The molecule has 4 heteroatoms. The van der Waals surface area contributed by atoms with Gasteiger partial charge < -0.3 is 4.74 Å². The van der Waals surface area contributed by atoms with Crippen LogP contribution in [0.4, 0.5) is 4.39 Å². The Balaban J connectivity index is 2.56. The normalized spacial score (nSPS) is 10.7. The maximum atomic E-state index is 13.1. The molecule has 0 saturated heterocycles. The van der Waals surface area contributed by atoms with Gasteiger partial charge in [0.05, 0.1) is 17.8 Å². The lowest BCUT2D eigenvalue weighted by Crippen LogP contribution is -1.98. The van der Waals surface area contributed by atoms with Crippen molar-refractivity contribution in [1.82, 2.24) is 4.98 Å².